The van der Waals surface area contributed by atoms with E-state index in [1.165, 1.54) is 23.0 Å². The normalized spacial score (nSPS) is 13.8. The van der Waals surface area contributed by atoms with Crippen LogP contribution in [0.4, 0.5) is 13.2 Å². The van der Waals surface area contributed by atoms with Crippen molar-refractivity contribution >= 4 is 28.6 Å². The topological polar surface area (TPSA) is 30.7 Å². The van der Waals surface area contributed by atoms with Crippen molar-refractivity contribution in [1.29, 1.82) is 0 Å². The number of rotatable bonds is 2. The molecule has 0 N–H and O–H groups in total. The Balaban J connectivity index is 2.65. The number of allylic oxidation sites excluding steroid dienone is 2. The molecule has 0 aromatic carbocycles. The van der Waals surface area contributed by atoms with Crippen LogP contribution in [0.3, 0.4) is 0 Å². The van der Waals surface area contributed by atoms with Crippen LogP contribution >= 0.6 is 15.9 Å². The van der Waals surface area contributed by atoms with E-state index in [1.54, 1.807) is 12.2 Å². The summed E-state index contributed by atoms with van der Waals surface area (Å²) in [6, 6.07) is 3.68. The van der Waals surface area contributed by atoms with Crippen LogP contribution in [-0.4, -0.2) is 14.8 Å². The Labute approximate surface area is 127 Å². The molecule has 0 aliphatic carbocycles. The van der Waals surface area contributed by atoms with Crippen LogP contribution in [0.15, 0.2) is 35.0 Å². The molecule has 110 valence electrons. The molecule has 0 radical (unpaired) electrons. The Morgan fingerprint density at radius 3 is 2.71 bits per heavy atom. The smallest absolute Gasteiger partial charge is 0.224 e. The average Bonchev–Trinajstić information content (AvgIpc) is 2.79. The molecule has 0 amide bonds. The van der Waals surface area contributed by atoms with Crippen molar-refractivity contribution in [3.05, 3.63) is 51.2 Å². The van der Waals surface area contributed by atoms with Gasteiger partial charge in [0.1, 0.15) is 5.69 Å². The predicted octanol–water partition coefficient (Wildman–Crippen LogP) is 2.78. The van der Waals surface area contributed by atoms with Gasteiger partial charge in [-0.3, -0.25) is 0 Å². The van der Waals surface area contributed by atoms with Gasteiger partial charge in [0.2, 0.25) is 0 Å². The zero-order valence-electron chi connectivity index (χ0n) is 11.0. The molecule has 2 aromatic rings. The summed E-state index contributed by atoms with van der Waals surface area (Å²) in [5, 5.41) is 5.19. The fourth-order valence-corrected chi connectivity index (χ4v) is 1.86. The first kappa shape index (κ1) is 15.5. The molecule has 2 aromatic heterocycles. The number of hydrogen-bond acceptors (Lipinski definition) is 2. The summed E-state index contributed by atoms with van der Waals surface area (Å²) in [5.41, 5.74) is -0.961. The van der Waals surface area contributed by atoms with Gasteiger partial charge < -0.3 is 0 Å². The van der Waals surface area contributed by atoms with Crippen LogP contribution in [0.1, 0.15) is 12.6 Å². The van der Waals surface area contributed by atoms with Gasteiger partial charge in [-0.1, -0.05) is 34.7 Å². The maximum atomic E-state index is 12.7. The third kappa shape index (κ3) is 3.41. The Kier molecular flexibility index (Phi) is 4.32. The summed E-state index contributed by atoms with van der Waals surface area (Å²) in [5.74, 6) is 0.0855. The highest BCUT2D eigenvalue weighted by atomic mass is 79.9. The lowest BCUT2D eigenvalue weighted by Gasteiger charge is -2.07. The summed E-state index contributed by atoms with van der Waals surface area (Å²) in [6.45, 7) is 5.64. The van der Waals surface area contributed by atoms with Crippen LogP contribution in [0.2, 0.25) is 0 Å². The zero-order chi connectivity index (χ0) is 15.6. The second-order valence-corrected chi connectivity index (χ2v) is 5.08. The van der Waals surface area contributed by atoms with Gasteiger partial charge in [-0.15, -0.1) is 0 Å². The number of hydrogen-bond donors (Lipinski definition) is 0. The molecular weight excluding hydrogens is 347 g/mol. The third-order valence-corrected chi connectivity index (χ3v) is 3.37. The molecule has 0 aliphatic heterocycles. The second-order valence-electron chi connectivity index (χ2n) is 4.16. The van der Waals surface area contributed by atoms with E-state index in [0.29, 0.717) is 10.6 Å². The maximum absolute atomic E-state index is 12.7. The highest BCUT2D eigenvalue weighted by molar-refractivity contribution is 9.12. The molecule has 0 saturated heterocycles. The van der Waals surface area contributed by atoms with Gasteiger partial charge >= 0.3 is 6.18 Å². The molecule has 0 unspecified atom stereocenters. The molecular formula is C14H11BrF3N3. The van der Waals surface area contributed by atoms with Crippen LogP contribution in [0, 0.1) is 0 Å². The quantitative estimate of drug-likeness (QED) is 0.827. The highest BCUT2D eigenvalue weighted by Crippen LogP contribution is 2.27. The molecule has 0 fully saturated rings. The molecule has 3 nitrogen and oxygen atoms in total. The zero-order valence-corrected chi connectivity index (χ0v) is 12.6. The largest absolute Gasteiger partial charge is 0.433 e. The van der Waals surface area contributed by atoms with Crippen molar-refractivity contribution in [3.63, 3.8) is 0 Å². The molecule has 0 saturated carbocycles. The lowest BCUT2D eigenvalue weighted by Crippen LogP contribution is -2.28. The first-order valence-electron chi connectivity index (χ1n) is 5.94. The van der Waals surface area contributed by atoms with E-state index in [0.717, 1.165) is 10.5 Å². The molecule has 0 spiro atoms. The minimum Gasteiger partial charge on any atom is -0.224 e. The molecule has 2 heterocycles. The summed E-state index contributed by atoms with van der Waals surface area (Å²) in [7, 11) is 0. The monoisotopic (exact) mass is 357 g/mol. The first-order valence-corrected chi connectivity index (χ1v) is 6.73. The molecule has 21 heavy (non-hydrogen) atoms. The van der Waals surface area contributed by atoms with Gasteiger partial charge in [-0.2, -0.15) is 18.3 Å². The summed E-state index contributed by atoms with van der Waals surface area (Å²) < 4.78 is 40.3. The van der Waals surface area contributed by atoms with Crippen molar-refractivity contribution in [2.24, 2.45) is 0 Å². The summed E-state index contributed by atoms with van der Waals surface area (Å²) in [6.07, 6.45) is 0.502. The van der Waals surface area contributed by atoms with E-state index in [-0.39, 0.29) is 5.82 Å². The van der Waals surface area contributed by atoms with Crippen LogP contribution in [0.25, 0.3) is 18.5 Å². The Morgan fingerprint density at radius 1 is 1.38 bits per heavy atom. The fraction of sp³-hybridized carbons (Fsp3) is 0.143. The molecule has 0 atom stereocenters. The van der Waals surface area contributed by atoms with Gasteiger partial charge in [0.25, 0.3) is 0 Å². The van der Waals surface area contributed by atoms with Crippen molar-refractivity contribution in [3.8, 4) is 5.82 Å². The van der Waals surface area contributed by atoms with E-state index in [2.05, 4.69) is 32.6 Å². The average molecular weight is 358 g/mol. The molecule has 7 heteroatoms. The molecule has 2 rings (SSSR count). The molecule has 0 bridgehead atoms. The predicted molar refractivity (Wildman–Crippen MR) is 78.3 cm³/mol. The van der Waals surface area contributed by atoms with Gasteiger partial charge in [0.05, 0.1) is 11.5 Å². The number of nitrogens with zero attached hydrogens (tertiary/aromatic N) is 3. The van der Waals surface area contributed by atoms with Crippen molar-refractivity contribution < 1.29 is 13.2 Å². The number of pyridine rings is 1. The Morgan fingerprint density at radius 2 is 2.10 bits per heavy atom. The third-order valence-electron chi connectivity index (χ3n) is 2.68. The number of aromatic nitrogens is 3. The lowest BCUT2D eigenvalue weighted by atomic mass is 10.3. The Hall–Kier alpha value is -1.89. The van der Waals surface area contributed by atoms with E-state index >= 15 is 0 Å². The lowest BCUT2D eigenvalue weighted by molar-refractivity contribution is -0.141. The molecule has 0 aliphatic rings. The van der Waals surface area contributed by atoms with Crippen molar-refractivity contribution in [1.82, 2.24) is 14.8 Å². The fourth-order valence-electron chi connectivity index (χ4n) is 1.64. The first-order chi connectivity index (χ1) is 9.82. The second kappa shape index (κ2) is 5.85. The van der Waals surface area contributed by atoms with Crippen LogP contribution in [0.5, 0.6) is 0 Å². The van der Waals surface area contributed by atoms with Gasteiger partial charge in [-0.05, 0) is 25.1 Å². The van der Waals surface area contributed by atoms with Gasteiger partial charge in [-0.25, -0.2) is 9.67 Å². The van der Waals surface area contributed by atoms with E-state index < -0.39 is 11.9 Å². The Bertz CT molecular complexity index is 791. The SMILES string of the molecule is C=c1cnn(-c2cccc(C(F)(F)F)n2)/c1=C/C(Br)=C\C. The highest BCUT2D eigenvalue weighted by Gasteiger charge is 2.32. The van der Waals surface area contributed by atoms with E-state index in [4.69, 9.17) is 0 Å². The van der Waals surface area contributed by atoms with Crippen molar-refractivity contribution in [2.75, 3.05) is 0 Å². The maximum Gasteiger partial charge on any atom is 0.433 e. The van der Waals surface area contributed by atoms with Crippen molar-refractivity contribution in [2.45, 2.75) is 13.1 Å². The van der Waals surface area contributed by atoms with Gasteiger partial charge in [0.15, 0.2) is 5.82 Å². The minimum absolute atomic E-state index is 0.0855. The van der Waals surface area contributed by atoms with Gasteiger partial charge in [0, 0.05) is 9.70 Å². The summed E-state index contributed by atoms with van der Waals surface area (Å²) >= 11 is 3.32. The van der Waals surface area contributed by atoms with E-state index in [9.17, 15) is 13.2 Å². The standard InChI is InChI=1S/C14H11BrF3N3/c1-3-10(15)7-11-9(2)8-19-21(11)13-6-4-5-12(20-13)14(16,17)18/h3-8H,2H2,1H3/b10-3+,11-7+. The van der Waals surface area contributed by atoms with E-state index in [1.807, 2.05) is 6.92 Å². The number of halogens is 4. The number of alkyl halides is 3. The summed E-state index contributed by atoms with van der Waals surface area (Å²) in [4.78, 5) is 3.61. The van der Waals surface area contributed by atoms with Crippen LogP contribution < -0.4 is 10.6 Å². The van der Waals surface area contributed by atoms with Crippen LogP contribution in [-0.2, 0) is 6.18 Å². The minimum atomic E-state index is -4.50.